The molecule has 0 aliphatic carbocycles. The second kappa shape index (κ2) is 10.6. The second-order valence-electron chi connectivity index (χ2n) is 6.43. The third-order valence-corrected chi connectivity index (χ3v) is 4.60. The van der Waals surface area contributed by atoms with Gasteiger partial charge in [0.05, 0.1) is 6.10 Å². The molecule has 1 aromatic rings. The molecule has 8 nitrogen and oxygen atoms in total. The van der Waals surface area contributed by atoms with Crippen molar-refractivity contribution < 1.29 is 31.8 Å². The predicted molar refractivity (Wildman–Crippen MR) is 97.4 cm³/mol. The number of carbonyl (C=O) groups excluding carboxylic acids is 3. The summed E-state index contributed by atoms with van der Waals surface area (Å²) in [4.78, 5) is 28.3. The van der Waals surface area contributed by atoms with E-state index in [1.807, 2.05) is 6.92 Å². The molecule has 0 bridgehead atoms. The Morgan fingerprint density at radius 1 is 1.04 bits per heavy atom. The van der Waals surface area contributed by atoms with Crippen molar-refractivity contribution in [2.75, 3.05) is 0 Å². The Labute approximate surface area is 159 Å². The molecule has 0 amide bonds. The van der Waals surface area contributed by atoms with Crippen LogP contribution in [0.25, 0.3) is 0 Å². The van der Waals surface area contributed by atoms with Crippen LogP contribution in [0.3, 0.4) is 0 Å². The van der Waals surface area contributed by atoms with Crippen LogP contribution < -0.4 is 0 Å². The van der Waals surface area contributed by atoms with Gasteiger partial charge in [0, 0.05) is 5.92 Å². The highest BCUT2D eigenvalue weighted by Crippen LogP contribution is 2.24. The molecule has 0 saturated heterocycles. The molecule has 0 atom stereocenters. The monoisotopic (exact) mass is 399 g/mol. The lowest BCUT2D eigenvalue weighted by Gasteiger charge is -2.13. The predicted octanol–water partition coefficient (Wildman–Crippen LogP) is 2.70. The fourth-order valence-corrected chi connectivity index (χ4v) is 3.50. The standard InChI is InChI=1S/C17H25NO5S.CO2/c1-10(2)15(17(19)22-11(3)4)18-23-24(20,21)16-13(6)8-12(5)9-14(16)7;2-1-3/h8-11H,1-7H3;/b18-15-;. The van der Waals surface area contributed by atoms with Gasteiger partial charge in [0.15, 0.2) is 5.71 Å². The maximum atomic E-state index is 12.5. The first-order chi connectivity index (χ1) is 12.4. The Bertz CT molecular complexity index is 810. The number of carbonyl (C=O) groups is 1. The molecule has 0 fully saturated rings. The summed E-state index contributed by atoms with van der Waals surface area (Å²) in [6.07, 6.45) is -0.0837. The molecule has 27 heavy (non-hydrogen) atoms. The second-order valence-corrected chi connectivity index (χ2v) is 7.89. The molecule has 0 aromatic heterocycles. The molecule has 0 unspecified atom stereocenters. The molecule has 1 aromatic carbocycles. The van der Waals surface area contributed by atoms with Gasteiger partial charge in [-0.05, 0) is 45.7 Å². The van der Waals surface area contributed by atoms with Crippen molar-refractivity contribution in [2.45, 2.75) is 59.5 Å². The summed E-state index contributed by atoms with van der Waals surface area (Å²) in [5.74, 6) is -1.03. The molecule has 0 saturated carbocycles. The molecule has 0 spiro atoms. The minimum Gasteiger partial charge on any atom is -0.458 e. The van der Waals surface area contributed by atoms with Crippen LogP contribution in [-0.2, 0) is 33.5 Å². The van der Waals surface area contributed by atoms with Crippen molar-refractivity contribution in [1.82, 2.24) is 0 Å². The molecule has 150 valence electrons. The highest BCUT2D eigenvalue weighted by Gasteiger charge is 2.25. The van der Waals surface area contributed by atoms with E-state index in [9.17, 15) is 13.2 Å². The lowest BCUT2D eigenvalue weighted by molar-refractivity contribution is -0.191. The van der Waals surface area contributed by atoms with Gasteiger partial charge in [-0.3, -0.25) is 4.28 Å². The summed E-state index contributed by atoms with van der Waals surface area (Å²) >= 11 is 0. The van der Waals surface area contributed by atoms with Crippen LogP contribution >= 0.6 is 0 Å². The van der Waals surface area contributed by atoms with Gasteiger partial charge >= 0.3 is 22.2 Å². The number of rotatable bonds is 6. The van der Waals surface area contributed by atoms with E-state index in [-0.39, 0.29) is 28.8 Å². The van der Waals surface area contributed by atoms with Crippen LogP contribution in [0.5, 0.6) is 0 Å². The Morgan fingerprint density at radius 2 is 1.48 bits per heavy atom. The molecule has 0 aliphatic heterocycles. The first-order valence-electron chi connectivity index (χ1n) is 8.17. The highest BCUT2D eigenvalue weighted by atomic mass is 32.2. The lowest BCUT2D eigenvalue weighted by atomic mass is 10.1. The van der Waals surface area contributed by atoms with Crippen molar-refractivity contribution in [3.63, 3.8) is 0 Å². The van der Waals surface area contributed by atoms with Crippen molar-refractivity contribution in [3.8, 4) is 0 Å². The van der Waals surface area contributed by atoms with E-state index in [4.69, 9.17) is 18.6 Å². The summed E-state index contributed by atoms with van der Waals surface area (Å²) in [5.41, 5.74) is 2.02. The van der Waals surface area contributed by atoms with E-state index >= 15 is 0 Å². The Hall–Kier alpha value is -2.51. The zero-order valence-corrected chi connectivity index (χ0v) is 17.3. The van der Waals surface area contributed by atoms with Crippen molar-refractivity contribution >= 4 is 28.0 Å². The summed E-state index contributed by atoms with van der Waals surface area (Å²) < 4.78 is 34.8. The minimum atomic E-state index is -4.12. The molecular weight excluding hydrogens is 374 g/mol. The summed E-state index contributed by atoms with van der Waals surface area (Å²) in [6.45, 7) is 12.1. The molecule has 0 heterocycles. The number of hydrogen-bond acceptors (Lipinski definition) is 8. The summed E-state index contributed by atoms with van der Waals surface area (Å²) in [6, 6.07) is 3.51. The molecule has 9 heteroatoms. The van der Waals surface area contributed by atoms with E-state index in [1.165, 1.54) is 0 Å². The number of oxime groups is 1. The number of ether oxygens (including phenoxy) is 1. The van der Waals surface area contributed by atoms with Crippen molar-refractivity contribution in [3.05, 3.63) is 28.8 Å². The Balaban J connectivity index is 0.00000210. The largest absolute Gasteiger partial charge is 0.458 e. The summed E-state index contributed by atoms with van der Waals surface area (Å²) in [5, 5.41) is 3.58. The van der Waals surface area contributed by atoms with Crippen molar-refractivity contribution in [1.29, 1.82) is 0 Å². The van der Waals surface area contributed by atoms with E-state index in [0.29, 0.717) is 11.1 Å². The fraction of sp³-hybridized carbons (Fsp3) is 0.500. The van der Waals surface area contributed by atoms with E-state index in [2.05, 4.69) is 5.16 Å². The summed E-state index contributed by atoms with van der Waals surface area (Å²) in [7, 11) is -4.12. The fourth-order valence-electron chi connectivity index (χ4n) is 2.34. The van der Waals surface area contributed by atoms with Crippen LogP contribution in [0.2, 0.25) is 0 Å². The zero-order valence-electron chi connectivity index (χ0n) is 16.5. The number of nitrogens with zero attached hydrogens (tertiary/aromatic N) is 1. The van der Waals surface area contributed by atoms with Crippen molar-refractivity contribution in [2.24, 2.45) is 11.1 Å². The minimum absolute atomic E-state index is 0.0668. The van der Waals surface area contributed by atoms with E-state index in [1.54, 1.807) is 53.7 Å². The van der Waals surface area contributed by atoms with Crippen LogP contribution in [0, 0.1) is 26.7 Å². The number of esters is 1. The van der Waals surface area contributed by atoms with Crippen LogP contribution in [0.15, 0.2) is 22.2 Å². The topological polar surface area (TPSA) is 116 Å². The van der Waals surface area contributed by atoms with Crippen LogP contribution in [0.1, 0.15) is 44.4 Å². The maximum Gasteiger partial charge on any atom is 0.373 e. The van der Waals surface area contributed by atoms with Gasteiger partial charge < -0.3 is 4.74 Å². The normalized spacial score (nSPS) is 11.5. The van der Waals surface area contributed by atoms with E-state index in [0.717, 1.165) is 5.56 Å². The van der Waals surface area contributed by atoms with Gasteiger partial charge in [0.2, 0.25) is 0 Å². The van der Waals surface area contributed by atoms with Gasteiger partial charge in [-0.1, -0.05) is 36.7 Å². The number of benzene rings is 1. The van der Waals surface area contributed by atoms with Gasteiger partial charge in [0.1, 0.15) is 4.90 Å². The third kappa shape index (κ3) is 7.72. The Morgan fingerprint density at radius 3 is 1.85 bits per heavy atom. The Kier molecular flexibility index (Phi) is 9.61. The smallest absolute Gasteiger partial charge is 0.373 e. The van der Waals surface area contributed by atoms with Gasteiger partial charge in [0.25, 0.3) is 0 Å². The SMILES string of the molecule is Cc1cc(C)c(S(=O)(=O)O/N=C(\C(=O)OC(C)C)C(C)C)c(C)c1.O=C=O. The average molecular weight is 399 g/mol. The maximum absolute atomic E-state index is 12.5. The van der Waals surface area contributed by atoms with Gasteiger partial charge in [-0.15, -0.1) is 0 Å². The molecule has 0 N–H and O–H groups in total. The number of aryl methyl sites for hydroxylation is 3. The highest BCUT2D eigenvalue weighted by molar-refractivity contribution is 7.86. The van der Waals surface area contributed by atoms with Gasteiger partial charge in [-0.25, -0.2) is 4.79 Å². The molecular formula is C18H25NO7S. The lowest BCUT2D eigenvalue weighted by Crippen LogP contribution is -2.26. The third-order valence-electron chi connectivity index (χ3n) is 3.19. The molecule has 0 radical (unpaired) electrons. The first kappa shape index (κ1) is 24.5. The zero-order chi connectivity index (χ0) is 21.4. The first-order valence-corrected chi connectivity index (χ1v) is 9.57. The number of hydrogen-bond donors (Lipinski definition) is 0. The quantitative estimate of drug-likeness (QED) is 0.410. The van der Waals surface area contributed by atoms with Crippen LogP contribution in [-0.4, -0.2) is 32.4 Å². The molecule has 1 rings (SSSR count). The van der Waals surface area contributed by atoms with Gasteiger partial charge in [-0.2, -0.15) is 18.0 Å². The van der Waals surface area contributed by atoms with E-state index < -0.39 is 16.1 Å². The average Bonchev–Trinajstić information content (AvgIpc) is 2.45. The van der Waals surface area contributed by atoms with Crippen LogP contribution in [0.4, 0.5) is 0 Å². The molecule has 0 aliphatic rings.